The van der Waals surface area contributed by atoms with Crippen LogP contribution in [-0.4, -0.2) is 59.5 Å². The van der Waals surface area contributed by atoms with Crippen molar-refractivity contribution < 1.29 is 23.9 Å². The second-order valence-corrected chi connectivity index (χ2v) is 9.52. The van der Waals surface area contributed by atoms with Gasteiger partial charge in [-0.1, -0.05) is 32.9 Å². The molecular formula is C24H29N3O5. The van der Waals surface area contributed by atoms with Crippen molar-refractivity contribution >= 4 is 29.1 Å². The second kappa shape index (κ2) is 8.76. The maximum absolute atomic E-state index is 13.4. The summed E-state index contributed by atoms with van der Waals surface area (Å²) >= 11 is 0. The number of cyclic esters (lactones) is 1. The number of alkyl carbamates (subject to hydrolysis) is 1. The summed E-state index contributed by atoms with van der Waals surface area (Å²) in [5.74, 6) is 0.176. The number of rotatable bonds is 1. The van der Waals surface area contributed by atoms with Crippen LogP contribution in [0, 0.1) is 5.41 Å². The van der Waals surface area contributed by atoms with Gasteiger partial charge in [-0.05, 0) is 41.3 Å². The number of pyridine rings is 1. The van der Waals surface area contributed by atoms with Gasteiger partial charge in [0.15, 0.2) is 0 Å². The summed E-state index contributed by atoms with van der Waals surface area (Å²) in [4.78, 5) is 43.6. The molecule has 1 aromatic carbocycles. The molecule has 1 aromatic heterocycles. The summed E-state index contributed by atoms with van der Waals surface area (Å²) in [5.41, 5.74) is 0.520. The first-order valence-electron chi connectivity index (χ1n) is 11.0. The molecule has 0 spiro atoms. The fourth-order valence-corrected chi connectivity index (χ4v) is 4.30. The highest BCUT2D eigenvalue weighted by Crippen LogP contribution is 2.30. The first-order chi connectivity index (χ1) is 15.3. The molecular weight excluding hydrogens is 410 g/mol. The van der Waals surface area contributed by atoms with Gasteiger partial charge in [-0.15, -0.1) is 0 Å². The van der Waals surface area contributed by atoms with Crippen molar-refractivity contribution in [1.82, 2.24) is 15.2 Å². The summed E-state index contributed by atoms with van der Waals surface area (Å²) in [6, 6.07) is 6.56. The molecule has 3 heterocycles. The molecule has 2 amide bonds. The summed E-state index contributed by atoms with van der Waals surface area (Å²) in [6.45, 7) is 6.07. The number of aromatic nitrogens is 1. The molecule has 4 rings (SSSR count). The lowest BCUT2D eigenvalue weighted by molar-refractivity contribution is -0.139. The van der Waals surface area contributed by atoms with E-state index in [4.69, 9.17) is 9.47 Å². The number of carbonyl (C=O) groups is 3. The number of nitrogens with zero attached hydrogens (tertiary/aromatic N) is 2. The molecule has 8 nitrogen and oxygen atoms in total. The molecule has 0 aliphatic carbocycles. The van der Waals surface area contributed by atoms with Gasteiger partial charge in [0.05, 0.1) is 19.2 Å². The monoisotopic (exact) mass is 439 g/mol. The summed E-state index contributed by atoms with van der Waals surface area (Å²) in [6.07, 6.45) is 3.19. The SMILES string of the molecule is CC(C)(C)[C@@H]1NC(=O)OCCCc2ccc3ccnc(c3c2)O[C@@H]2C[C@@H](C=O)N(C2)C1=O. The Morgan fingerprint density at radius 1 is 1.22 bits per heavy atom. The zero-order valence-electron chi connectivity index (χ0n) is 18.7. The van der Waals surface area contributed by atoms with Gasteiger partial charge in [-0.2, -0.15) is 0 Å². The Morgan fingerprint density at radius 3 is 2.78 bits per heavy atom. The number of fused-ring (bicyclic) bond motifs is 3. The van der Waals surface area contributed by atoms with Crippen molar-refractivity contribution in [3.05, 3.63) is 36.0 Å². The predicted molar refractivity (Wildman–Crippen MR) is 118 cm³/mol. The lowest BCUT2D eigenvalue weighted by atomic mass is 9.85. The van der Waals surface area contributed by atoms with Crippen LogP contribution in [0.15, 0.2) is 30.5 Å². The van der Waals surface area contributed by atoms with E-state index in [0.29, 0.717) is 18.7 Å². The van der Waals surface area contributed by atoms with Crippen molar-refractivity contribution in [1.29, 1.82) is 0 Å². The van der Waals surface area contributed by atoms with Gasteiger partial charge in [-0.25, -0.2) is 9.78 Å². The fraction of sp³-hybridized carbons (Fsp3) is 0.500. The minimum atomic E-state index is -0.835. The normalized spacial score (nSPS) is 24.7. The zero-order valence-corrected chi connectivity index (χ0v) is 18.7. The third-order valence-electron chi connectivity index (χ3n) is 6.04. The predicted octanol–water partition coefficient (Wildman–Crippen LogP) is 2.87. The van der Waals surface area contributed by atoms with Gasteiger partial charge in [0.2, 0.25) is 11.8 Å². The van der Waals surface area contributed by atoms with E-state index in [0.717, 1.165) is 29.0 Å². The Balaban J connectivity index is 1.71. The van der Waals surface area contributed by atoms with Crippen LogP contribution in [-0.2, 0) is 20.7 Å². The number of aryl methyl sites for hydroxylation is 1. The topological polar surface area (TPSA) is 97.8 Å². The van der Waals surface area contributed by atoms with E-state index in [-0.39, 0.29) is 25.2 Å². The Morgan fingerprint density at radius 2 is 2.03 bits per heavy atom. The van der Waals surface area contributed by atoms with Crippen molar-refractivity contribution in [2.24, 2.45) is 5.41 Å². The quantitative estimate of drug-likeness (QED) is 0.686. The molecule has 8 heteroatoms. The van der Waals surface area contributed by atoms with E-state index in [9.17, 15) is 14.4 Å². The van der Waals surface area contributed by atoms with Crippen LogP contribution in [0.5, 0.6) is 5.88 Å². The number of nitrogens with one attached hydrogen (secondary N) is 1. The number of benzene rings is 1. The van der Waals surface area contributed by atoms with Crippen molar-refractivity contribution in [2.45, 2.75) is 58.2 Å². The smallest absolute Gasteiger partial charge is 0.407 e. The molecule has 0 radical (unpaired) electrons. The van der Waals surface area contributed by atoms with E-state index in [2.05, 4.69) is 10.3 Å². The van der Waals surface area contributed by atoms with E-state index < -0.39 is 23.6 Å². The van der Waals surface area contributed by atoms with Gasteiger partial charge >= 0.3 is 6.09 Å². The highest BCUT2D eigenvalue weighted by molar-refractivity contribution is 5.89. The Labute approximate surface area is 187 Å². The average molecular weight is 440 g/mol. The van der Waals surface area contributed by atoms with Gasteiger partial charge in [0.25, 0.3) is 0 Å². The van der Waals surface area contributed by atoms with E-state index in [1.54, 1.807) is 6.20 Å². The van der Waals surface area contributed by atoms with Crippen LogP contribution in [0.25, 0.3) is 10.8 Å². The van der Waals surface area contributed by atoms with E-state index in [1.165, 1.54) is 4.90 Å². The first-order valence-corrected chi connectivity index (χ1v) is 11.0. The van der Waals surface area contributed by atoms with Crippen molar-refractivity contribution in [3.8, 4) is 5.88 Å². The summed E-state index contributed by atoms with van der Waals surface area (Å²) in [7, 11) is 0. The Hall–Kier alpha value is -3.16. The lowest BCUT2D eigenvalue weighted by Gasteiger charge is -2.34. The maximum Gasteiger partial charge on any atom is 0.407 e. The molecule has 1 fully saturated rings. The standard InChI is InChI=1S/C24H29N3O5/c1-24(2,3)20-22(29)27-13-18(12-17(27)14-28)32-21-19-11-15(5-4-10-31-23(30)26-20)6-7-16(19)8-9-25-21/h6-9,11,14,17-18,20H,4-5,10,12-13H2,1-3H3,(H,26,30)/t17-,18+,20+/m0/s1. The highest BCUT2D eigenvalue weighted by Gasteiger charge is 2.43. The van der Waals surface area contributed by atoms with Crippen LogP contribution in [0.4, 0.5) is 4.79 Å². The van der Waals surface area contributed by atoms with Gasteiger partial charge < -0.3 is 24.5 Å². The van der Waals surface area contributed by atoms with Crippen LogP contribution in [0.2, 0.25) is 0 Å². The fourth-order valence-electron chi connectivity index (χ4n) is 4.30. The van der Waals surface area contributed by atoms with Gasteiger partial charge in [0.1, 0.15) is 18.4 Å². The number of carbonyl (C=O) groups excluding carboxylic acids is 3. The van der Waals surface area contributed by atoms with E-state index in [1.807, 2.05) is 45.0 Å². The van der Waals surface area contributed by atoms with Gasteiger partial charge in [-0.3, -0.25) is 4.79 Å². The minimum absolute atomic E-state index is 0.230. The van der Waals surface area contributed by atoms with Crippen LogP contribution in [0.1, 0.15) is 39.2 Å². The molecule has 2 aromatic rings. The third-order valence-corrected chi connectivity index (χ3v) is 6.04. The number of aldehydes is 1. The Kier molecular flexibility index (Phi) is 6.04. The molecule has 0 unspecified atom stereocenters. The Bertz CT molecular complexity index is 1030. The molecule has 32 heavy (non-hydrogen) atoms. The van der Waals surface area contributed by atoms with Gasteiger partial charge in [0, 0.05) is 18.0 Å². The number of amides is 2. The van der Waals surface area contributed by atoms with Crippen molar-refractivity contribution in [2.75, 3.05) is 13.2 Å². The van der Waals surface area contributed by atoms with Crippen molar-refractivity contribution in [3.63, 3.8) is 0 Å². The minimum Gasteiger partial charge on any atom is -0.472 e. The molecule has 4 bridgehead atoms. The van der Waals surface area contributed by atoms with Crippen LogP contribution < -0.4 is 10.1 Å². The highest BCUT2D eigenvalue weighted by atomic mass is 16.5. The molecule has 170 valence electrons. The average Bonchev–Trinajstić information content (AvgIpc) is 3.16. The lowest BCUT2D eigenvalue weighted by Crippen LogP contribution is -2.56. The van der Waals surface area contributed by atoms with Crippen LogP contribution >= 0.6 is 0 Å². The summed E-state index contributed by atoms with van der Waals surface area (Å²) < 4.78 is 11.6. The maximum atomic E-state index is 13.4. The first kappa shape index (κ1) is 22.0. The second-order valence-electron chi connectivity index (χ2n) is 9.52. The third kappa shape index (κ3) is 4.54. The molecule has 1 N–H and O–H groups in total. The molecule has 0 saturated carbocycles. The molecule has 1 saturated heterocycles. The number of hydrogen-bond donors (Lipinski definition) is 1. The number of hydrogen-bond acceptors (Lipinski definition) is 6. The largest absolute Gasteiger partial charge is 0.472 e. The summed E-state index contributed by atoms with van der Waals surface area (Å²) in [5, 5.41) is 4.60. The number of ether oxygens (including phenoxy) is 2. The molecule has 3 atom stereocenters. The zero-order chi connectivity index (χ0) is 22.9. The molecule has 2 aliphatic heterocycles. The molecule has 2 aliphatic rings. The van der Waals surface area contributed by atoms with Crippen LogP contribution in [0.3, 0.4) is 0 Å². The van der Waals surface area contributed by atoms with E-state index >= 15 is 0 Å².